The van der Waals surface area contributed by atoms with Gasteiger partial charge in [-0.3, -0.25) is 14.5 Å². The highest BCUT2D eigenvalue weighted by Crippen LogP contribution is 2.45. The van der Waals surface area contributed by atoms with E-state index in [1.54, 1.807) is 30.3 Å². The van der Waals surface area contributed by atoms with E-state index < -0.39 is 29.3 Å². The molecule has 2 atom stereocenters. The van der Waals surface area contributed by atoms with Gasteiger partial charge in [-0.15, -0.1) is 10.2 Å². The molecular weight excluding hydrogens is 573 g/mol. The van der Waals surface area contributed by atoms with Crippen LogP contribution in [0.5, 0.6) is 5.75 Å². The summed E-state index contributed by atoms with van der Waals surface area (Å²) in [7, 11) is 0. The van der Waals surface area contributed by atoms with E-state index in [1.807, 2.05) is 25.1 Å². The number of nitrogens with zero attached hydrogens (tertiary/aromatic N) is 3. The van der Waals surface area contributed by atoms with Gasteiger partial charge in [-0.1, -0.05) is 71.1 Å². The van der Waals surface area contributed by atoms with E-state index >= 15 is 4.39 Å². The fourth-order valence-corrected chi connectivity index (χ4v) is 7.01. The number of aliphatic hydroxyl groups is 1. The maximum atomic E-state index is 15.2. The summed E-state index contributed by atoms with van der Waals surface area (Å²) >= 11 is 8.74. The number of anilines is 1. The molecule has 1 aromatic heterocycles. The molecule has 0 aliphatic carbocycles. The third-order valence-corrected chi connectivity index (χ3v) is 9.20. The zero-order valence-corrected chi connectivity index (χ0v) is 23.4. The lowest BCUT2D eigenvalue weighted by molar-refractivity contribution is -0.132. The number of ether oxygens (including phenoxy) is 1. The third kappa shape index (κ3) is 4.76. The van der Waals surface area contributed by atoms with Gasteiger partial charge in [0.15, 0.2) is 4.34 Å². The molecule has 1 saturated heterocycles. The second-order valence-corrected chi connectivity index (χ2v) is 12.0. The van der Waals surface area contributed by atoms with E-state index in [2.05, 4.69) is 10.2 Å². The Morgan fingerprint density at radius 3 is 2.73 bits per heavy atom. The molecule has 1 N–H and O–H groups in total. The predicted octanol–water partition coefficient (Wildman–Crippen LogP) is 6.57. The molecule has 2 aliphatic rings. The normalized spacial score (nSPS) is 19.6. The number of benzene rings is 3. The number of thioether (sulfide) groups is 1. The van der Waals surface area contributed by atoms with Crippen molar-refractivity contribution in [1.29, 1.82) is 0 Å². The number of carbonyl (C=O) groups excluding carboxylic acids is 2. The van der Waals surface area contributed by atoms with Crippen molar-refractivity contribution in [3.05, 3.63) is 105 Å². The fraction of sp³-hybridized carbons (Fsp3) is 0.172. The number of Topliss-reactive ketones (excluding diaryl/α,β-unsaturated/α-hetero) is 1. The van der Waals surface area contributed by atoms with E-state index in [-0.39, 0.29) is 22.4 Å². The van der Waals surface area contributed by atoms with Crippen molar-refractivity contribution in [3.63, 3.8) is 0 Å². The van der Waals surface area contributed by atoms with Crippen LogP contribution in [-0.4, -0.2) is 33.1 Å². The first-order valence-corrected chi connectivity index (χ1v) is 14.5. The molecular formula is C29H21ClFN3O4S2. The van der Waals surface area contributed by atoms with Crippen LogP contribution < -0.4 is 9.64 Å². The molecule has 40 heavy (non-hydrogen) atoms. The minimum Gasteiger partial charge on any atom is -0.507 e. The number of rotatable bonds is 6. The molecule has 3 heterocycles. The van der Waals surface area contributed by atoms with Crippen molar-refractivity contribution < 1.29 is 23.8 Å². The molecule has 6 rings (SSSR count). The molecule has 2 aliphatic heterocycles. The molecule has 0 saturated carbocycles. The summed E-state index contributed by atoms with van der Waals surface area (Å²) in [6.45, 7) is 1.94. The predicted molar refractivity (Wildman–Crippen MR) is 152 cm³/mol. The largest absolute Gasteiger partial charge is 0.507 e. The van der Waals surface area contributed by atoms with Crippen LogP contribution in [0.15, 0.2) is 76.6 Å². The number of carbonyl (C=O) groups is 2. The summed E-state index contributed by atoms with van der Waals surface area (Å²) in [6, 6.07) is 17.1. The monoisotopic (exact) mass is 593 g/mol. The van der Waals surface area contributed by atoms with Crippen LogP contribution in [0.4, 0.5) is 9.52 Å². The standard InChI is InChI=1S/C29H21ClFN3O4S2/c1-15-12-18-13-16(10-11-22(18)38-15)25(35)23-24(19-7-3-5-9-21(19)31)34(27(37)26(23)36)28-32-33-29(40-28)39-14-17-6-2-4-8-20(17)30/h2-11,13,15,24,35H,12,14H2,1H3/b25-23+/t15-,24+/m0/s1. The maximum Gasteiger partial charge on any atom is 0.301 e. The van der Waals surface area contributed by atoms with Gasteiger partial charge < -0.3 is 9.84 Å². The van der Waals surface area contributed by atoms with Gasteiger partial charge in [0.25, 0.3) is 5.78 Å². The molecule has 0 unspecified atom stereocenters. The quantitative estimate of drug-likeness (QED) is 0.0888. The van der Waals surface area contributed by atoms with Crippen molar-refractivity contribution in [2.75, 3.05) is 4.90 Å². The van der Waals surface area contributed by atoms with Crippen molar-refractivity contribution in [2.24, 2.45) is 0 Å². The molecule has 4 aromatic rings. The van der Waals surface area contributed by atoms with Crippen LogP contribution in [0.3, 0.4) is 0 Å². The Morgan fingerprint density at radius 2 is 1.93 bits per heavy atom. The summed E-state index contributed by atoms with van der Waals surface area (Å²) < 4.78 is 21.5. The number of halogens is 2. The van der Waals surface area contributed by atoms with E-state index in [0.29, 0.717) is 32.8 Å². The van der Waals surface area contributed by atoms with E-state index in [0.717, 1.165) is 27.4 Å². The molecule has 11 heteroatoms. The Bertz CT molecular complexity index is 1690. The first-order chi connectivity index (χ1) is 19.3. The Kier molecular flexibility index (Phi) is 7.07. The van der Waals surface area contributed by atoms with E-state index in [1.165, 1.54) is 30.0 Å². The summed E-state index contributed by atoms with van der Waals surface area (Å²) in [4.78, 5) is 27.9. The number of aliphatic hydroxyl groups excluding tert-OH is 1. The van der Waals surface area contributed by atoms with Gasteiger partial charge in [-0.2, -0.15) is 0 Å². The Hall–Kier alpha value is -3.73. The van der Waals surface area contributed by atoms with Crippen molar-refractivity contribution in [2.45, 2.75) is 35.6 Å². The summed E-state index contributed by atoms with van der Waals surface area (Å²) in [6.07, 6.45) is 0.625. The molecule has 0 spiro atoms. The fourth-order valence-electron chi connectivity index (χ4n) is 4.86. The highest BCUT2D eigenvalue weighted by molar-refractivity contribution is 8.00. The van der Waals surface area contributed by atoms with Crippen LogP contribution in [0.25, 0.3) is 5.76 Å². The van der Waals surface area contributed by atoms with Crippen molar-refractivity contribution in [1.82, 2.24) is 10.2 Å². The minimum atomic E-state index is -1.24. The lowest BCUT2D eigenvalue weighted by Gasteiger charge is -2.22. The summed E-state index contributed by atoms with van der Waals surface area (Å²) in [5.74, 6) is -1.66. The summed E-state index contributed by atoms with van der Waals surface area (Å²) in [5.41, 5.74) is 1.96. The van der Waals surface area contributed by atoms with Crippen LogP contribution >= 0.6 is 34.7 Å². The lowest BCUT2D eigenvalue weighted by atomic mass is 9.94. The molecule has 1 amide bonds. The van der Waals surface area contributed by atoms with Gasteiger partial charge in [-0.05, 0) is 48.4 Å². The molecule has 1 fully saturated rings. The maximum absolute atomic E-state index is 15.2. The Balaban J connectivity index is 1.40. The zero-order chi connectivity index (χ0) is 28.0. The average molecular weight is 594 g/mol. The Morgan fingerprint density at radius 1 is 1.15 bits per heavy atom. The summed E-state index contributed by atoms with van der Waals surface area (Å²) in [5, 5.41) is 20.5. The zero-order valence-electron chi connectivity index (χ0n) is 21.0. The SMILES string of the molecule is C[C@H]1Cc2cc(/C(O)=C3\C(=O)C(=O)N(c4nnc(SCc5ccccc5Cl)s4)[C@@H]3c3ccccc3F)ccc2O1. The van der Waals surface area contributed by atoms with E-state index in [4.69, 9.17) is 16.3 Å². The average Bonchev–Trinajstić information content (AvgIpc) is 3.63. The second kappa shape index (κ2) is 10.7. The minimum absolute atomic E-state index is 0.0150. The van der Waals surface area contributed by atoms with Gasteiger partial charge in [0, 0.05) is 28.3 Å². The molecule has 0 radical (unpaired) electrons. The van der Waals surface area contributed by atoms with Gasteiger partial charge in [0.05, 0.1) is 5.57 Å². The number of hydrogen-bond acceptors (Lipinski definition) is 8. The van der Waals surface area contributed by atoms with Gasteiger partial charge in [0.1, 0.15) is 29.5 Å². The van der Waals surface area contributed by atoms with Gasteiger partial charge in [-0.25, -0.2) is 4.39 Å². The van der Waals surface area contributed by atoms with Crippen LogP contribution in [0.1, 0.15) is 35.2 Å². The van der Waals surface area contributed by atoms with Gasteiger partial charge >= 0.3 is 5.91 Å². The number of fused-ring (bicyclic) bond motifs is 1. The van der Waals surface area contributed by atoms with Crippen LogP contribution in [0, 0.1) is 5.82 Å². The number of aromatic nitrogens is 2. The second-order valence-electron chi connectivity index (χ2n) is 9.38. The van der Waals surface area contributed by atoms with Crippen molar-refractivity contribution in [3.8, 4) is 5.75 Å². The first kappa shape index (κ1) is 26.5. The molecule has 3 aromatic carbocycles. The van der Waals surface area contributed by atoms with Crippen molar-refractivity contribution >= 4 is 57.3 Å². The van der Waals surface area contributed by atoms with Crippen LogP contribution in [0.2, 0.25) is 5.02 Å². The lowest BCUT2D eigenvalue weighted by Crippen LogP contribution is -2.29. The van der Waals surface area contributed by atoms with Gasteiger partial charge in [0.2, 0.25) is 5.13 Å². The number of amides is 1. The third-order valence-electron chi connectivity index (χ3n) is 6.72. The van der Waals surface area contributed by atoms with E-state index in [9.17, 15) is 14.7 Å². The van der Waals surface area contributed by atoms with Crippen LogP contribution in [-0.2, 0) is 21.8 Å². The topological polar surface area (TPSA) is 92.6 Å². The Labute approximate surface area is 242 Å². The first-order valence-electron chi connectivity index (χ1n) is 12.4. The highest BCUT2D eigenvalue weighted by atomic mass is 35.5. The molecule has 202 valence electrons. The highest BCUT2D eigenvalue weighted by Gasteiger charge is 2.49. The number of ketones is 1. The smallest absolute Gasteiger partial charge is 0.301 e. The molecule has 7 nitrogen and oxygen atoms in total. The molecule has 0 bridgehead atoms. The number of hydrogen-bond donors (Lipinski definition) is 1.